The fraction of sp³-hybridized carbons (Fsp3) is 0.148. The van der Waals surface area contributed by atoms with Gasteiger partial charge in [-0.2, -0.15) is 5.26 Å². The molecule has 5 nitrogen and oxygen atoms in total. The highest BCUT2D eigenvalue weighted by Gasteiger charge is 2.40. The number of hydrogen-bond donors (Lipinski definition) is 1. The van der Waals surface area contributed by atoms with Gasteiger partial charge in [-0.05, 0) is 48.2 Å². The number of hydrogen-bond acceptors (Lipinski definition) is 4. The summed E-state index contributed by atoms with van der Waals surface area (Å²) in [5.41, 5.74) is 2.32. The highest BCUT2D eigenvalue weighted by atomic mass is 32.2. The molecule has 1 fully saturated rings. The lowest BCUT2D eigenvalue weighted by Crippen LogP contribution is -2.32. The normalized spacial score (nSPS) is 16.8. The zero-order chi connectivity index (χ0) is 23.9. The lowest BCUT2D eigenvalue weighted by Gasteiger charge is -2.18. The van der Waals surface area contributed by atoms with E-state index in [0.717, 1.165) is 11.1 Å². The predicted octanol–water partition coefficient (Wildman–Crippen LogP) is 4.61. The number of amides is 2. The van der Waals surface area contributed by atoms with E-state index in [2.05, 4.69) is 5.32 Å². The fourth-order valence-corrected chi connectivity index (χ4v) is 5.00. The van der Waals surface area contributed by atoms with Crippen LogP contribution in [0.3, 0.4) is 0 Å². The minimum Gasteiger partial charge on any atom is -0.351 e. The first kappa shape index (κ1) is 23.3. The molecular weight excluding hydrogens is 449 g/mol. The fourth-order valence-electron chi connectivity index (χ4n) is 3.69. The molecule has 3 aromatic rings. The molecule has 0 aliphatic carbocycles. The molecule has 2 amide bonds. The quantitative estimate of drug-likeness (QED) is 0.403. The molecule has 0 radical (unpaired) electrons. The van der Waals surface area contributed by atoms with Crippen LogP contribution in [0.2, 0.25) is 0 Å². The van der Waals surface area contributed by atoms with E-state index < -0.39 is 17.0 Å². The Bertz CT molecular complexity index is 1240. The summed E-state index contributed by atoms with van der Waals surface area (Å²) in [4.78, 5) is 27.7. The van der Waals surface area contributed by atoms with Crippen molar-refractivity contribution in [3.8, 4) is 6.07 Å². The summed E-state index contributed by atoms with van der Waals surface area (Å²) < 4.78 is 13.5. The second-order valence-corrected chi connectivity index (χ2v) is 8.92. The van der Waals surface area contributed by atoms with Crippen LogP contribution in [0.5, 0.6) is 0 Å². The van der Waals surface area contributed by atoms with Crippen molar-refractivity contribution in [3.63, 3.8) is 0 Å². The van der Waals surface area contributed by atoms with Gasteiger partial charge in [-0.1, -0.05) is 72.4 Å². The van der Waals surface area contributed by atoms with E-state index >= 15 is 0 Å². The summed E-state index contributed by atoms with van der Waals surface area (Å²) in [6, 6.07) is 26.7. The van der Waals surface area contributed by atoms with Gasteiger partial charge < -0.3 is 5.32 Å². The summed E-state index contributed by atoms with van der Waals surface area (Å²) in [6.45, 7) is 0.351. The molecule has 4 rings (SSSR count). The third-order valence-electron chi connectivity index (χ3n) is 5.40. The molecule has 1 aliphatic rings. The molecule has 34 heavy (non-hydrogen) atoms. The van der Waals surface area contributed by atoms with Crippen LogP contribution in [-0.4, -0.2) is 23.6 Å². The van der Waals surface area contributed by atoms with E-state index in [-0.39, 0.29) is 16.5 Å². The maximum absolute atomic E-state index is 13.5. The van der Waals surface area contributed by atoms with Gasteiger partial charge in [0.25, 0.3) is 5.91 Å². The van der Waals surface area contributed by atoms with Gasteiger partial charge in [-0.25, -0.2) is 4.39 Å². The molecular formula is C27H22FN3O2S. The van der Waals surface area contributed by atoms with Crippen molar-refractivity contribution in [1.29, 1.82) is 5.26 Å². The van der Waals surface area contributed by atoms with Gasteiger partial charge in [-0.3, -0.25) is 14.5 Å². The SMILES string of the molecule is N#C/C(C(=O)NCCc1ccccc1)=C1/S[C@H](Cc2ccccc2)C(=O)N1c1ccc(F)cc1. The number of carbonyl (C=O) groups is 2. The standard InChI is InChI=1S/C27H22FN3O2S/c28-21-11-13-22(14-12-21)31-26(33)24(17-20-9-5-2-6-10-20)34-27(31)23(18-29)25(32)30-16-15-19-7-3-1-4-8-19/h1-14,24H,15-17H2,(H,30,32)/b27-23-/t24-/m1/s1. The van der Waals surface area contributed by atoms with E-state index in [1.54, 1.807) is 0 Å². The number of nitrogens with one attached hydrogen (secondary N) is 1. The Morgan fingerprint density at radius 1 is 0.971 bits per heavy atom. The molecule has 1 atom stereocenters. The van der Waals surface area contributed by atoms with E-state index in [1.165, 1.54) is 40.9 Å². The first-order valence-corrected chi connectivity index (χ1v) is 11.7. The van der Waals surface area contributed by atoms with Crippen LogP contribution in [-0.2, 0) is 22.4 Å². The van der Waals surface area contributed by atoms with Gasteiger partial charge in [0.1, 0.15) is 22.5 Å². The average Bonchev–Trinajstić information content (AvgIpc) is 3.17. The number of halogens is 1. The number of anilines is 1. The summed E-state index contributed by atoms with van der Waals surface area (Å²) in [5.74, 6) is -1.23. The van der Waals surface area contributed by atoms with Gasteiger partial charge in [0, 0.05) is 12.2 Å². The summed E-state index contributed by atoms with van der Waals surface area (Å²) >= 11 is 1.19. The predicted molar refractivity (Wildman–Crippen MR) is 131 cm³/mol. The van der Waals surface area contributed by atoms with E-state index in [0.29, 0.717) is 25.1 Å². The van der Waals surface area contributed by atoms with Gasteiger partial charge in [0.05, 0.1) is 5.25 Å². The molecule has 1 aliphatic heterocycles. The first-order valence-electron chi connectivity index (χ1n) is 10.8. The Labute approximate surface area is 201 Å². The Hall–Kier alpha value is -3.89. The van der Waals surface area contributed by atoms with Crippen LogP contribution in [0.1, 0.15) is 11.1 Å². The van der Waals surface area contributed by atoms with Gasteiger partial charge in [0.15, 0.2) is 0 Å². The molecule has 0 unspecified atom stereocenters. The number of rotatable bonds is 7. The number of carbonyl (C=O) groups excluding carboxylic acids is 2. The van der Waals surface area contributed by atoms with Crippen molar-refractivity contribution in [1.82, 2.24) is 5.32 Å². The maximum Gasteiger partial charge on any atom is 0.264 e. The molecule has 0 aromatic heterocycles. The van der Waals surface area contributed by atoms with Crippen molar-refractivity contribution in [2.75, 3.05) is 11.4 Å². The van der Waals surface area contributed by atoms with Crippen LogP contribution in [0.25, 0.3) is 0 Å². The highest BCUT2D eigenvalue weighted by Crippen LogP contribution is 2.41. The van der Waals surface area contributed by atoms with Crippen LogP contribution in [0, 0.1) is 17.1 Å². The zero-order valence-corrected chi connectivity index (χ0v) is 19.1. The summed E-state index contributed by atoms with van der Waals surface area (Å²) in [7, 11) is 0. The molecule has 7 heteroatoms. The Morgan fingerprint density at radius 3 is 2.21 bits per heavy atom. The Balaban J connectivity index is 1.61. The molecule has 170 valence electrons. The topological polar surface area (TPSA) is 73.2 Å². The van der Waals surface area contributed by atoms with E-state index in [4.69, 9.17) is 0 Å². The molecule has 3 aromatic carbocycles. The van der Waals surface area contributed by atoms with Crippen LogP contribution in [0.4, 0.5) is 10.1 Å². The van der Waals surface area contributed by atoms with Crippen molar-refractivity contribution in [3.05, 3.63) is 112 Å². The highest BCUT2D eigenvalue weighted by molar-refractivity contribution is 8.05. The van der Waals surface area contributed by atoms with Gasteiger partial charge >= 0.3 is 0 Å². The minimum atomic E-state index is -0.541. The minimum absolute atomic E-state index is 0.133. The second kappa shape index (κ2) is 10.8. The number of nitriles is 1. The van der Waals surface area contributed by atoms with Gasteiger partial charge in [0.2, 0.25) is 5.91 Å². The molecule has 1 N–H and O–H groups in total. The van der Waals surface area contributed by atoms with Crippen LogP contribution >= 0.6 is 11.8 Å². The summed E-state index contributed by atoms with van der Waals surface area (Å²) in [5, 5.41) is 12.4. The van der Waals surface area contributed by atoms with Crippen molar-refractivity contribution < 1.29 is 14.0 Å². The second-order valence-electron chi connectivity index (χ2n) is 7.73. The molecule has 0 saturated carbocycles. The third-order valence-corrected chi connectivity index (χ3v) is 6.66. The largest absolute Gasteiger partial charge is 0.351 e. The summed E-state index contributed by atoms with van der Waals surface area (Å²) in [6.07, 6.45) is 1.06. The van der Waals surface area contributed by atoms with Crippen LogP contribution < -0.4 is 10.2 Å². The monoisotopic (exact) mass is 471 g/mol. The first-order chi connectivity index (χ1) is 16.6. The van der Waals surface area contributed by atoms with Crippen LogP contribution in [0.15, 0.2) is 95.5 Å². The lowest BCUT2D eigenvalue weighted by molar-refractivity contribution is -0.117. The van der Waals surface area contributed by atoms with E-state index in [9.17, 15) is 19.2 Å². The molecule has 0 spiro atoms. The number of benzene rings is 3. The number of thioether (sulfide) groups is 1. The van der Waals surface area contributed by atoms with E-state index in [1.807, 2.05) is 66.7 Å². The third kappa shape index (κ3) is 5.36. The Morgan fingerprint density at radius 2 is 1.59 bits per heavy atom. The Kier molecular flexibility index (Phi) is 7.41. The van der Waals surface area contributed by atoms with Crippen molar-refractivity contribution >= 4 is 29.3 Å². The smallest absolute Gasteiger partial charge is 0.264 e. The molecule has 1 saturated heterocycles. The molecule has 1 heterocycles. The van der Waals surface area contributed by atoms with Crippen molar-refractivity contribution in [2.45, 2.75) is 18.1 Å². The van der Waals surface area contributed by atoms with Gasteiger partial charge in [-0.15, -0.1) is 0 Å². The zero-order valence-electron chi connectivity index (χ0n) is 18.3. The average molecular weight is 472 g/mol. The lowest BCUT2D eigenvalue weighted by atomic mass is 10.1. The maximum atomic E-state index is 13.5. The number of nitrogens with zero attached hydrogens (tertiary/aromatic N) is 2. The molecule has 0 bridgehead atoms. The van der Waals surface area contributed by atoms with Crippen molar-refractivity contribution in [2.24, 2.45) is 0 Å².